The van der Waals surface area contributed by atoms with Crippen LogP contribution in [0.1, 0.15) is 70.3 Å². The summed E-state index contributed by atoms with van der Waals surface area (Å²) in [6.45, 7) is 7.41. The van der Waals surface area contributed by atoms with Crippen molar-refractivity contribution >= 4 is 34.9 Å². The van der Waals surface area contributed by atoms with Crippen molar-refractivity contribution in [3.63, 3.8) is 0 Å². The summed E-state index contributed by atoms with van der Waals surface area (Å²) in [6.07, 6.45) is 11.2. The second kappa shape index (κ2) is 11.1. The lowest BCUT2D eigenvalue weighted by atomic mass is 9.79. The molecule has 1 aliphatic carbocycles. The number of piperidine rings is 2. The summed E-state index contributed by atoms with van der Waals surface area (Å²) in [4.78, 5) is 14.7. The molecule has 0 spiro atoms. The lowest BCUT2D eigenvalue weighted by molar-refractivity contribution is 0.435. The standard InChI is InChI=1S/C28H40N6S/c1-22-11-10-18-34(20-22)25-19-24(33-16-8-3-9-17-33)30-26(31-25)32-27(35)29-21-28(14-6-7-15-28)23-12-4-2-5-13-23/h2,4-5,12-13,19,22H,3,6-11,14-18,20-21H2,1H3,(H2,29,30,31,32,35)/t22-/m0/s1. The van der Waals surface area contributed by atoms with E-state index in [2.05, 4.69) is 63.8 Å². The molecule has 2 aliphatic heterocycles. The summed E-state index contributed by atoms with van der Waals surface area (Å²) in [5.41, 5.74) is 1.57. The second-order valence-electron chi connectivity index (χ2n) is 10.8. The molecule has 1 saturated carbocycles. The van der Waals surface area contributed by atoms with Gasteiger partial charge >= 0.3 is 0 Å². The van der Waals surface area contributed by atoms with E-state index in [4.69, 9.17) is 22.2 Å². The Labute approximate surface area is 215 Å². The fourth-order valence-corrected chi connectivity index (χ4v) is 6.29. The summed E-state index contributed by atoms with van der Waals surface area (Å²) >= 11 is 5.76. The third kappa shape index (κ3) is 5.88. The van der Waals surface area contributed by atoms with Crippen molar-refractivity contribution in [1.82, 2.24) is 15.3 Å². The van der Waals surface area contributed by atoms with Crippen LogP contribution in [0.2, 0.25) is 0 Å². The largest absolute Gasteiger partial charge is 0.361 e. The monoisotopic (exact) mass is 492 g/mol. The molecule has 188 valence electrons. The van der Waals surface area contributed by atoms with Crippen LogP contribution in [-0.2, 0) is 5.41 Å². The molecular formula is C28H40N6S. The van der Waals surface area contributed by atoms with Crippen LogP contribution >= 0.6 is 12.2 Å². The van der Waals surface area contributed by atoms with Crippen molar-refractivity contribution in [2.75, 3.05) is 47.8 Å². The number of nitrogens with zero attached hydrogens (tertiary/aromatic N) is 4. The topological polar surface area (TPSA) is 56.3 Å². The molecule has 7 heteroatoms. The Morgan fingerprint density at radius 1 is 0.943 bits per heavy atom. The minimum absolute atomic E-state index is 0.151. The molecule has 0 amide bonds. The minimum atomic E-state index is 0.151. The summed E-state index contributed by atoms with van der Waals surface area (Å²) in [7, 11) is 0. The van der Waals surface area contributed by atoms with Gasteiger partial charge in [0.2, 0.25) is 5.95 Å². The van der Waals surface area contributed by atoms with Crippen LogP contribution in [0.5, 0.6) is 0 Å². The average molecular weight is 493 g/mol. The Balaban J connectivity index is 1.31. The van der Waals surface area contributed by atoms with Gasteiger partial charge in [-0.25, -0.2) is 0 Å². The van der Waals surface area contributed by atoms with Gasteiger partial charge in [0.25, 0.3) is 0 Å². The van der Waals surface area contributed by atoms with Crippen molar-refractivity contribution in [3.05, 3.63) is 42.0 Å². The average Bonchev–Trinajstić information content (AvgIpc) is 3.39. The molecule has 2 aromatic rings. The van der Waals surface area contributed by atoms with Crippen LogP contribution in [0, 0.1) is 5.92 Å². The molecule has 1 aromatic carbocycles. The Kier molecular flexibility index (Phi) is 7.71. The van der Waals surface area contributed by atoms with Gasteiger partial charge in [0, 0.05) is 44.2 Å². The highest BCUT2D eigenvalue weighted by Gasteiger charge is 2.35. The smallest absolute Gasteiger partial charge is 0.232 e. The second-order valence-corrected chi connectivity index (χ2v) is 11.2. The SMILES string of the molecule is C[C@H]1CCCN(c2cc(N3CCCCC3)nc(NC(=S)NCC3(c4ccccc4)CCCC3)n2)C1. The van der Waals surface area contributed by atoms with Gasteiger partial charge in [-0.05, 0) is 68.6 Å². The predicted molar refractivity (Wildman–Crippen MR) is 150 cm³/mol. The quantitative estimate of drug-likeness (QED) is 0.516. The summed E-state index contributed by atoms with van der Waals surface area (Å²) < 4.78 is 0. The lowest BCUT2D eigenvalue weighted by Gasteiger charge is -2.34. The molecule has 0 unspecified atom stereocenters. The first kappa shape index (κ1) is 24.3. The Morgan fingerprint density at radius 2 is 1.63 bits per heavy atom. The molecule has 35 heavy (non-hydrogen) atoms. The molecule has 3 aliphatic rings. The maximum atomic E-state index is 5.76. The molecule has 2 saturated heterocycles. The third-order valence-electron chi connectivity index (χ3n) is 8.12. The molecule has 2 N–H and O–H groups in total. The molecule has 1 aromatic heterocycles. The number of thiocarbonyl (C=S) groups is 1. The van der Waals surface area contributed by atoms with E-state index in [0.717, 1.165) is 44.4 Å². The van der Waals surface area contributed by atoms with Crippen molar-refractivity contribution < 1.29 is 0 Å². The molecule has 0 radical (unpaired) electrons. The lowest BCUT2D eigenvalue weighted by Crippen LogP contribution is -2.41. The van der Waals surface area contributed by atoms with Crippen LogP contribution in [-0.4, -0.2) is 47.8 Å². The first-order chi connectivity index (χ1) is 17.1. The van der Waals surface area contributed by atoms with Crippen LogP contribution in [0.25, 0.3) is 0 Å². The number of anilines is 3. The molecule has 3 heterocycles. The van der Waals surface area contributed by atoms with Gasteiger partial charge in [-0.15, -0.1) is 0 Å². The third-order valence-corrected chi connectivity index (χ3v) is 8.37. The molecule has 1 atom stereocenters. The van der Waals surface area contributed by atoms with Gasteiger partial charge in [-0.3, -0.25) is 0 Å². The number of hydrogen-bond donors (Lipinski definition) is 2. The molecule has 6 nitrogen and oxygen atoms in total. The van der Waals surface area contributed by atoms with Gasteiger partial charge in [0.15, 0.2) is 5.11 Å². The zero-order valence-corrected chi connectivity index (χ0v) is 22.0. The Morgan fingerprint density at radius 3 is 2.34 bits per heavy atom. The van der Waals surface area contributed by atoms with Gasteiger partial charge in [-0.2, -0.15) is 9.97 Å². The molecule has 0 bridgehead atoms. The van der Waals surface area contributed by atoms with E-state index < -0.39 is 0 Å². The van der Waals surface area contributed by atoms with E-state index in [1.54, 1.807) is 0 Å². The first-order valence-corrected chi connectivity index (χ1v) is 14.0. The Hall–Kier alpha value is -2.41. The van der Waals surface area contributed by atoms with Crippen molar-refractivity contribution in [1.29, 1.82) is 0 Å². The van der Waals surface area contributed by atoms with Crippen molar-refractivity contribution in [3.8, 4) is 0 Å². The van der Waals surface area contributed by atoms with E-state index >= 15 is 0 Å². The van der Waals surface area contributed by atoms with E-state index in [1.807, 2.05) is 0 Å². The van der Waals surface area contributed by atoms with E-state index in [-0.39, 0.29) is 5.41 Å². The zero-order valence-electron chi connectivity index (χ0n) is 21.1. The maximum Gasteiger partial charge on any atom is 0.232 e. The van der Waals surface area contributed by atoms with Gasteiger partial charge in [-0.1, -0.05) is 50.1 Å². The maximum absolute atomic E-state index is 5.76. The Bertz CT molecular complexity index is 984. The fourth-order valence-electron chi connectivity index (χ4n) is 6.13. The molecular weight excluding hydrogens is 452 g/mol. The van der Waals surface area contributed by atoms with Crippen LogP contribution in [0.15, 0.2) is 36.4 Å². The summed E-state index contributed by atoms with van der Waals surface area (Å²) in [5, 5.41) is 7.49. The summed E-state index contributed by atoms with van der Waals surface area (Å²) in [6, 6.07) is 13.1. The number of rotatable bonds is 6. The van der Waals surface area contributed by atoms with Crippen LogP contribution < -0.4 is 20.4 Å². The minimum Gasteiger partial charge on any atom is -0.361 e. The molecule has 5 rings (SSSR count). The number of hydrogen-bond acceptors (Lipinski definition) is 5. The van der Waals surface area contributed by atoms with Crippen LogP contribution in [0.3, 0.4) is 0 Å². The van der Waals surface area contributed by atoms with Gasteiger partial charge in [0.05, 0.1) is 0 Å². The number of benzene rings is 1. The summed E-state index contributed by atoms with van der Waals surface area (Å²) in [5.74, 6) is 3.35. The predicted octanol–water partition coefficient (Wildman–Crippen LogP) is 5.50. The normalized spacial score (nSPS) is 22.1. The van der Waals surface area contributed by atoms with Gasteiger partial charge in [0.1, 0.15) is 11.6 Å². The van der Waals surface area contributed by atoms with Crippen LogP contribution in [0.4, 0.5) is 17.6 Å². The zero-order chi connectivity index (χ0) is 24.1. The first-order valence-electron chi connectivity index (χ1n) is 13.6. The highest BCUT2D eigenvalue weighted by atomic mass is 32.1. The van der Waals surface area contributed by atoms with Crippen molar-refractivity contribution in [2.45, 2.75) is 70.1 Å². The van der Waals surface area contributed by atoms with E-state index in [0.29, 0.717) is 17.0 Å². The van der Waals surface area contributed by atoms with Gasteiger partial charge < -0.3 is 20.4 Å². The molecule has 3 fully saturated rings. The van der Waals surface area contributed by atoms with Crippen molar-refractivity contribution in [2.24, 2.45) is 5.92 Å². The number of nitrogens with one attached hydrogen (secondary N) is 2. The fraction of sp³-hybridized carbons (Fsp3) is 0.607. The van der Waals surface area contributed by atoms with E-state index in [9.17, 15) is 0 Å². The van der Waals surface area contributed by atoms with E-state index in [1.165, 1.54) is 63.4 Å². The highest BCUT2D eigenvalue weighted by molar-refractivity contribution is 7.80. The highest BCUT2D eigenvalue weighted by Crippen LogP contribution is 2.40. The number of aromatic nitrogens is 2.